The summed E-state index contributed by atoms with van der Waals surface area (Å²) in [5.74, 6) is -0.434. The molecular weight excluding hydrogens is 270 g/mol. The summed E-state index contributed by atoms with van der Waals surface area (Å²) in [6.45, 7) is 2.19. The van der Waals surface area contributed by atoms with Crippen LogP contribution in [0.15, 0.2) is 24.3 Å². The average molecular weight is 289 g/mol. The molecule has 5 nitrogen and oxygen atoms in total. The van der Waals surface area contributed by atoms with E-state index in [2.05, 4.69) is 5.32 Å². The summed E-state index contributed by atoms with van der Waals surface area (Å²) in [6.07, 6.45) is 4.99. The van der Waals surface area contributed by atoms with Crippen molar-refractivity contribution in [3.63, 3.8) is 0 Å². The van der Waals surface area contributed by atoms with Gasteiger partial charge in [0.25, 0.3) is 0 Å². The van der Waals surface area contributed by atoms with E-state index in [4.69, 9.17) is 9.84 Å². The molecule has 0 bridgehead atoms. The third kappa shape index (κ3) is 5.30. The van der Waals surface area contributed by atoms with E-state index in [1.165, 1.54) is 6.08 Å². The summed E-state index contributed by atoms with van der Waals surface area (Å²) in [7, 11) is 0. The molecule has 0 aromatic heterocycles. The van der Waals surface area contributed by atoms with Gasteiger partial charge in [0.2, 0.25) is 5.91 Å². The predicted molar refractivity (Wildman–Crippen MR) is 79.1 cm³/mol. The molecule has 2 rings (SSSR count). The predicted octanol–water partition coefficient (Wildman–Crippen LogP) is 2.14. The molecule has 0 heterocycles. The molecule has 1 saturated carbocycles. The van der Waals surface area contributed by atoms with Crippen LogP contribution in [0.2, 0.25) is 0 Å². The fraction of sp³-hybridized carbons (Fsp3) is 0.375. The number of carbonyl (C=O) groups excluding carboxylic acids is 1. The van der Waals surface area contributed by atoms with Gasteiger partial charge in [-0.25, -0.2) is 4.79 Å². The Morgan fingerprint density at radius 3 is 2.86 bits per heavy atom. The van der Waals surface area contributed by atoms with Crippen molar-refractivity contribution in [2.45, 2.75) is 32.2 Å². The van der Waals surface area contributed by atoms with Crippen LogP contribution in [0, 0.1) is 6.92 Å². The molecule has 1 aliphatic rings. The monoisotopic (exact) mass is 289 g/mol. The van der Waals surface area contributed by atoms with Gasteiger partial charge in [-0.15, -0.1) is 0 Å². The van der Waals surface area contributed by atoms with Crippen LogP contribution in [0.5, 0.6) is 5.75 Å². The number of carboxylic acid groups (broad SMARTS) is 1. The van der Waals surface area contributed by atoms with Gasteiger partial charge in [0.05, 0.1) is 13.0 Å². The van der Waals surface area contributed by atoms with E-state index in [1.807, 2.05) is 19.1 Å². The highest BCUT2D eigenvalue weighted by atomic mass is 16.5. The lowest BCUT2D eigenvalue weighted by Gasteiger charge is -2.10. The number of carboxylic acids is 1. The molecule has 1 aliphatic carbocycles. The molecular formula is C16H19NO4. The SMILES string of the molecule is Cc1ccc(OCCC(=O)NC2CC2)c(/C=C/C(=O)O)c1. The molecule has 0 saturated heterocycles. The molecule has 2 N–H and O–H groups in total. The largest absolute Gasteiger partial charge is 0.492 e. The van der Waals surface area contributed by atoms with Crippen LogP contribution >= 0.6 is 0 Å². The van der Waals surface area contributed by atoms with Gasteiger partial charge in [0, 0.05) is 17.7 Å². The number of aliphatic carboxylic acids is 1. The third-order valence-electron chi connectivity index (χ3n) is 3.10. The highest BCUT2D eigenvalue weighted by molar-refractivity contribution is 5.86. The smallest absolute Gasteiger partial charge is 0.328 e. The molecule has 1 aromatic rings. The van der Waals surface area contributed by atoms with Gasteiger partial charge in [-0.2, -0.15) is 0 Å². The van der Waals surface area contributed by atoms with Crippen LogP contribution in [0.1, 0.15) is 30.4 Å². The van der Waals surface area contributed by atoms with Crippen molar-refractivity contribution >= 4 is 18.0 Å². The first kappa shape index (κ1) is 15.1. The number of benzene rings is 1. The first-order valence-corrected chi connectivity index (χ1v) is 6.98. The van der Waals surface area contributed by atoms with Crippen molar-refractivity contribution < 1.29 is 19.4 Å². The van der Waals surface area contributed by atoms with Crippen molar-refractivity contribution in [1.82, 2.24) is 5.32 Å². The molecule has 0 aliphatic heterocycles. The van der Waals surface area contributed by atoms with Crippen molar-refractivity contribution in [3.05, 3.63) is 35.4 Å². The highest BCUT2D eigenvalue weighted by Crippen LogP contribution is 2.22. The maximum Gasteiger partial charge on any atom is 0.328 e. The second kappa shape index (κ2) is 6.92. The van der Waals surface area contributed by atoms with E-state index in [1.54, 1.807) is 6.07 Å². The number of carbonyl (C=O) groups is 2. The highest BCUT2D eigenvalue weighted by Gasteiger charge is 2.22. The van der Waals surface area contributed by atoms with Crippen LogP contribution < -0.4 is 10.1 Å². The summed E-state index contributed by atoms with van der Waals surface area (Å²) >= 11 is 0. The molecule has 112 valence electrons. The Morgan fingerprint density at radius 2 is 2.19 bits per heavy atom. The number of nitrogens with one attached hydrogen (secondary N) is 1. The van der Waals surface area contributed by atoms with Gasteiger partial charge in [-0.1, -0.05) is 11.6 Å². The zero-order valence-corrected chi connectivity index (χ0v) is 12.0. The lowest BCUT2D eigenvalue weighted by molar-refractivity contribution is -0.131. The van der Waals surface area contributed by atoms with Gasteiger partial charge in [0.15, 0.2) is 0 Å². The number of aryl methyl sites for hydroxylation is 1. The van der Waals surface area contributed by atoms with Crippen molar-refractivity contribution in [2.24, 2.45) is 0 Å². The number of rotatable bonds is 7. The number of ether oxygens (including phenoxy) is 1. The Labute approximate surface area is 123 Å². The molecule has 1 fully saturated rings. The van der Waals surface area contributed by atoms with Gasteiger partial charge in [-0.05, 0) is 38.0 Å². The minimum atomic E-state index is -1.01. The Bertz CT molecular complexity index is 561. The van der Waals surface area contributed by atoms with Crippen LogP contribution in [0.3, 0.4) is 0 Å². The zero-order valence-electron chi connectivity index (χ0n) is 12.0. The van der Waals surface area contributed by atoms with Crippen LogP contribution in [0.4, 0.5) is 0 Å². The second-order valence-corrected chi connectivity index (χ2v) is 5.15. The van der Waals surface area contributed by atoms with Crippen LogP contribution in [0.25, 0.3) is 6.08 Å². The minimum absolute atomic E-state index is 0.00719. The Balaban J connectivity index is 1.91. The topological polar surface area (TPSA) is 75.6 Å². The quantitative estimate of drug-likeness (QED) is 0.754. The van der Waals surface area contributed by atoms with E-state index in [9.17, 15) is 9.59 Å². The fourth-order valence-electron chi connectivity index (χ4n) is 1.87. The average Bonchev–Trinajstić information content (AvgIpc) is 3.22. The van der Waals surface area contributed by atoms with E-state index in [0.717, 1.165) is 24.5 Å². The third-order valence-corrected chi connectivity index (χ3v) is 3.10. The molecule has 1 aromatic carbocycles. The Morgan fingerprint density at radius 1 is 1.43 bits per heavy atom. The zero-order chi connectivity index (χ0) is 15.2. The molecule has 1 amide bonds. The van der Waals surface area contributed by atoms with Gasteiger partial charge in [0.1, 0.15) is 5.75 Å². The van der Waals surface area contributed by atoms with Crippen LogP contribution in [-0.4, -0.2) is 29.6 Å². The summed E-state index contributed by atoms with van der Waals surface area (Å²) in [4.78, 5) is 22.2. The fourth-order valence-corrected chi connectivity index (χ4v) is 1.87. The maximum atomic E-state index is 11.6. The van der Waals surface area contributed by atoms with E-state index in [-0.39, 0.29) is 12.5 Å². The summed E-state index contributed by atoms with van der Waals surface area (Å²) < 4.78 is 5.59. The number of hydrogen-bond donors (Lipinski definition) is 2. The van der Waals surface area contributed by atoms with Crippen molar-refractivity contribution in [2.75, 3.05) is 6.61 Å². The standard InChI is InChI=1S/C16H19NO4/c1-11-2-6-14(12(10-11)3-7-16(19)20)21-9-8-15(18)17-13-4-5-13/h2-3,6-7,10,13H,4-5,8-9H2,1H3,(H,17,18)(H,19,20)/b7-3+. The molecule has 5 heteroatoms. The number of hydrogen-bond acceptors (Lipinski definition) is 3. The van der Waals surface area contributed by atoms with Gasteiger partial charge >= 0.3 is 5.97 Å². The maximum absolute atomic E-state index is 11.6. The molecule has 21 heavy (non-hydrogen) atoms. The summed E-state index contributed by atoms with van der Waals surface area (Å²) in [6, 6.07) is 5.87. The Kier molecular flexibility index (Phi) is 4.98. The minimum Gasteiger partial charge on any atom is -0.492 e. The Hall–Kier alpha value is -2.30. The molecule has 0 radical (unpaired) electrons. The van der Waals surface area contributed by atoms with Gasteiger partial charge in [-0.3, -0.25) is 4.79 Å². The first-order valence-electron chi connectivity index (χ1n) is 6.98. The summed E-state index contributed by atoms with van der Waals surface area (Å²) in [5.41, 5.74) is 1.71. The van der Waals surface area contributed by atoms with Gasteiger partial charge < -0.3 is 15.2 Å². The van der Waals surface area contributed by atoms with E-state index < -0.39 is 5.97 Å². The lowest BCUT2D eigenvalue weighted by atomic mass is 10.1. The first-order chi connectivity index (χ1) is 10.0. The lowest BCUT2D eigenvalue weighted by Crippen LogP contribution is -2.26. The van der Waals surface area contributed by atoms with Crippen LogP contribution in [-0.2, 0) is 9.59 Å². The number of amides is 1. The normalized spacial score (nSPS) is 14.1. The second-order valence-electron chi connectivity index (χ2n) is 5.15. The molecule has 0 spiro atoms. The molecule has 0 atom stereocenters. The van der Waals surface area contributed by atoms with Crippen molar-refractivity contribution in [3.8, 4) is 5.75 Å². The van der Waals surface area contributed by atoms with E-state index in [0.29, 0.717) is 23.8 Å². The van der Waals surface area contributed by atoms with Crippen molar-refractivity contribution in [1.29, 1.82) is 0 Å². The summed E-state index contributed by atoms with van der Waals surface area (Å²) in [5, 5.41) is 11.6. The van der Waals surface area contributed by atoms with E-state index >= 15 is 0 Å². The molecule has 0 unspecified atom stereocenters.